The molecule has 0 atom stereocenters. The van der Waals surface area contributed by atoms with E-state index in [-0.39, 0.29) is 31.3 Å². The van der Waals surface area contributed by atoms with E-state index < -0.39 is 37.4 Å². The number of nitrogens with one attached hydrogen (secondary N) is 1. The lowest BCUT2D eigenvalue weighted by atomic mass is 10.1. The Hall–Kier alpha value is -3.98. The van der Waals surface area contributed by atoms with Crippen LogP contribution in [-0.4, -0.2) is 41.6 Å². The van der Waals surface area contributed by atoms with E-state index in [1.165, 1.54) is 49.6 Å². The van der Waals surface area contributed by atoms with E-state index in [0.29, 0.717) is 5.56 Å². The summed E-state index contributed by atoms with van der Waals surface area (Å²) in [6, 6.07) is 13.8. The van der Waals surface area contributed by atoms with Crippen molar-refractivity contribution in [3.05, 3.63) is 97.4 Å². The average Bonchev–Trinajstić information content (AvgIpc) is 3.16. The van der Waals surface area contributed by atoms with Crippen molar-refractivity contribution in [2.75, 3.05) is 7.11 Å². The maximum absolute atomic E-state index is 13.0. The van der Waals surface area contributed by atoms with Gasteiger partial charge in [-0.1, -0.05) is 47.6 Å². The summed E-state index contributed by atoms with van der Waals surface area (Å²) in [5.74, 6) is -1.46. The second-order valence-corrected chi connectivity index (χ2v) is 11.7. The third-order valence-electron chi connectivity index (χ3n) is 5.39. The molecule has 1 saturated heterocycles. The molecule has 1 fully saturated rings. The molecule has 0 aromatic heterocycles. The van der Waals surface area contributed by atoms with Gasteiger partial charge in [-0.2, -0.15) is 13.4 Å². The van der Waals surface area contributed by atoms with Crippen molar-refractivity contribution in [2.45, 2.75) is 11.8 Å². The number of thiocarbonyl (C=S) groups is 1. The lowest BCUT2D eigenvalue weighted by Gasteiger charge is -2.16. The molecule has 0 bridgehead atoms. The number of aryl methyl sites for hydroxylation is 1. The third-order valence-corrected chi connectivity index (χ3v) is 8.29. The minimum absolute atomic E-state index is 0.0197. The van der Waals surface area contributed by atoms with Gasteiger partial charge in [-0.3, -0.25) is 25.1 Å². The van der Waals surface area contributed by atoms with Crippen LogP contribution in [0.4, 0.5) is 5.69 Å². The first-order valence-electron chi connectivity index (χ1n) is 11.1. The zero-order valence-electron chi connectivity index (χ0n) is 20.6. The number of methoxy groups -OCH3 is 1. The predicted octanol–water partition coefficient (Wildman–Crippen LogP) is 4.88. The second kappa shape index (κ2) is 11.6. The Bertz CT molecular complexity index is 1710. The molecule has 206 valence electrons. The van der Waals surface area contributed by atoms with Crippen molar-refractivity contribution >= 4 is 73.6 Å². The third kappa shape index (κ3) is 6.09. The van der Waals surface area contributed by atoms with Crippen molar-refractivity contribution in [1.82, 2.24) is 10.4 Å². The van der Waals surface area contributed by atoms with Gasteiger partial charge in [-0.05, 0) is 66.7 Å². The van der Waals surface area contributed by atoms with Crippen LogP contribution in [0.25, 0.3) is 6.08 Å². The standard InChI is InChI=1S/C25H18ClN3O8S3/c1-14-7-9-16(17(26)11-14)23(30)27-28-24(31)21(39-25(28)38)13-15-8-10-19(20(12-15)36-2)37-40(34,35)22-6-4-3-5-18(22)29(32)33/h3-13H,1-2H3,(H,27,30)/b21-13-. The van der Waals surface area contributed by atoms with Gasteiger partial charge in [0.05, 0.1) is 27.5 Å². The number of benzene rings is 3. The number of amides is 2. The van der Waals surface area contributed by atoms with Gasteiger partial charge in [0.15, 0.2) is 20.7 Å². The molecule has 0 aliphatic carbocycles. The van der Waals surface area contributed by atoms with Crippen LogP contribution in [0.2, 0.25) is 5.02 Å². The minimum Gasteiger partial charge on any atom is -0.493 e. The molecular weight excluding hydrogens is 602 g/mol. The maximum atomic E-state index is 13.0. The molecule has 3 aromatic carbocycles. The number of halogens is 1. The van der Waals surface area contributed by atoms with Gasteiger partial charge in [0.2, 0.25) is 0 Å². The number of nitro groups is 1. The SMILES string of the molecule is COc1cc(/C=C2\SC(=S)N(NC(=O)c3ccc(C)cc3Cl)C2=O)ccc1OS(=O)(=O)c1ccccc1[N+](=O)[O-]. The second-order valence-electron chi connectivity index (χ2n) is 8.11. The first-order chi connectivity index (χ1) is 18.9. The van der Waals surface area contributed by atoms with Crippen molar-refractivity contribution in [3.8, 4) is 11.5 Å². The Kier molecular flexibility index (Phi) is 8.44. The van der Waals surface area contributed by atoms with E-state index >= 15 is 0 Å². The smallest absolute Gasteiger partial charge is 0.346 e. The van der Waals surface area contributed by atoms with Gasteiger partial charge in [-0.15, -0.1) is 0 Å². The number of hydrogen-bond donors (Lipinski definition) is 1. The Morgan fingerprint density at radius 2 is 1.88 bits per heavy atom. The summed E-state index contributed by atoms with van der Waals surface area (Å²) in [5.41, 5.74) is 3.26. The topological polar surface area (TPSA) is 145 Å². The molecule has 1 N–H and O–H groups in total. The van der Waals surface area contributed by atoms with E-state index in [4.69, 9.17) is 32.7 Å². The Morgan fingerprint density at radius 3 is 2.55 bits per heavy atom. The highest BCUT2D eigenvalue weighted by Crippen LogP contribution is 2.36. The molecule has 1 heterocycles. The average molecular weight is 620 g/mol. The zero-order chi connectivity index (χ0) is 29.2. The largest absolute Gasteiger partial charge is 0.493 e. The van der Waals surface area contributed by atoms with E-state index in [1.807, 2.05) is 6.92 Å². The highest BCUT2D eigenvalue weighted by molar-refractivity contribution is 8.26. The number of hydrazine groups is 1. The normalized spacial score (nSPS) is 14.4. The van der Waals surface area contributed by atoms with Crippen molar-refractivity contribution in [2.24, 2.45) is 0 Å². The summed E-state index contributed by atoms with van der Waals surface area (Å²) in [6.07, 6.45) is 1.47. The Balaban J connectivity index is 1.55. The highest BCUT2D eigenvalue weighted by Gasteiger charge is 2.34. The molecule has 4 rings (SSSR count). The van der Waals surface area contributed by atoms with Crippen LogP contribution < -0.4 is 14.3 Å². The lowest BCUT2D eigenvalue weighted by molar-refractivity contribution is -0.387. The van der Waals surface area contributed by atoms with Crippen molar-refractivity contribution < 1.29 is 31.9 Å². The fraction of sp³-hybridized carbons (Fsp3) is 0.0800. The number of nitro benzene ring substituents is 1. The molecule has 40 heavy (non-hydrogen) atoms. The number of thioether (sulfide) groups is 1. The first-order valence-corrected chi connectivity index (χ1v) is 14.1. The number of ether oxygens (including phenoxy) is 1. The molecule has 1 aliphatic rings. The van der Waals surface area contributed by atoms with E-state index in [0.717, 1.165) is 34.5 Å². The lowest BCUT2D eigenvalue weighted by Crippen LogP contribution is -2.44. The van der Waals surface area contributed by atoms with Gasteiger partial charge in [0.1, 0.15) is 0 Å². The molecule has 0 spiro atoms. The Morgan fingerprint density at radius 1 is 1.15 bits per heavy atom. The fourth-order valence-corrected chi connectivity index (χ4v) is 6.11. The van der Waals surface area contributed by atoms with Crippen LogP contribution in [0, 0.1) is 17.0 Å². The van der Waals surface area contributed by atoms with Crippen LogP contribution in [-0.2, 0) is 14.9 Å². The number of hydrogen-bond acceptors (Lipinski definition) is 10. The van der Waals surface area contributed by atoms with E-state index in [9.17, 15) is 28.1 Å². The summed E-state index contributed by atoms with van der Waals surface area (Å²) in [4.78, 5) is 35.7. The van der Waals surface area contributed by atoms with Gasteiger partial charge >= 0.3 is 10.1 Å². The van der Waals surface area contributed by atoms with Crippen LogP contribution in [0.15, 0.2) is 70.5 Å². The molecule has 0 radical (unpaired) electrons. The molecule has 15 heteroatoms. The first kappa shape index (κ1) is 29.0. The van der Waals surface area contributed by atoms with Crippen LogP contribution in [0.5, 0.6) is 11.5 Å². The zero-order valence-corrected chi connectivity index (χ0v) is 23.8. The van der Waals surface area contributed by atoms with Gasteiger partial charge in [-0.25, -0.2) is 0 Å². The summed E-state index contributed by atoms with van der Waals surface area (Å²) < 4.78 is 36.1. The Labute approximate surface area is 243 Å². The molecule has 0 unspecified atom stereocenters. The van der Waals surface area contributed by atoms with E-state index in [2.05, 4.69) is 5.43 Å². The van der Waals surface area contributed by atoms with Crippen LogP contribution in [0.1, 0.15) is 21.5 Å². The molecular formula is C25H18ClN3O8S3. The summed E-state index contributed by atoms with van der Waals surface area (Å²) in [5, 5.41) is 12.4. The maximum Gasteiger partial charge on any atom is 0.346 e. The van der Waals surface area contributed by atoms with E-state index in [1.54, 1.807) is 12.1 Å². The summed E-state index contributed by atoms with van der Waals surface area (Å²) in [6.45, 7) is 1.82. The molecule has 2 amide bonds. The quantitative estimate of drug-likeness (QED) is 0.122. The molecule has 11 nitrogen and oxygen atoms in total. The molecule has 3 aromatic rings. The molecule has 1 aliphatic heterocycles. The highest BCUT2D eigenvalue weighted by atomic mass is 35.5. The number of para-hydroxylation sites is 1. The number of carbonyl (C=O) groups is 2. The number of carbonyl (C=O) groups excluding carboxylic acids is 2. The van der Waals surface area contributed by atoms with Gasteiger partial charge in [0, 0.05) is 6.07 Å². The van der Waals surface area contributed by atoms with Crippen molar-refractivity contribution in [1.29, 1.82) is 0 Å². The number of rotatable bonds is 8. The predicted molar refractivity (Wildman–Crippen MR) is 153 cm³/mol. The fourth-order valence-electron chi connectivity index (χ4n) is 3.51. The minimum atomic E-state index is -4.59. The van der Waals surface area contributed by atoms with Gasteiger partial charge in [0.25, 0.3) is 17.5 Å². The van der Waals surface area contributed by atoms with Crippen LogP contribution in [0.3, 0.4) is 0 Å². The van der Waals surface area contributed by atoms with Crippen molar-refractivity contribution in [3.63, 3.8) is 0 Å². The molecule has 0 saturated carbocycles. The summed E-state index contributed by atoms with van der Waals surface area (Å²) in [7, 11) is -3.32. The monoisotopic (exact) mass is 619 g/mol. The van der Waals surface area contributed by atoms with Crippen LogP contribution >= 0.6 is 35.6 Å². The van der Waals surface area contributed by atoms with Gasteiger partial charge < -0.3 is 8.92 Å². The number of nitrogens with zero attached hydrogens (tertiary/aromatic N) is 2. The summed E-state index contributed by atoms with van der Waals surface area (Å²) >= 11 is 12.3.